The van der Waals surface area contributed by atoms with Crippen LogP contribution in [-0.4, -0.2) is 46.3 Å². The van der Waals surface area contributed by atoms with Crippen molar-refractivity contribution in [1.82, 2.24) is 14.9 Å². The lowest BCUT2D eigenvalue weighted by Gasteiger charge is -2.43. The Bertz CT molecular complexity index is 1710. The third-order valence-corrected chi connectivity index (χ3v) is 8.92. The van der Waals surface area contributed by atoms with Gasteiger partial charge in [-0.25, -0.2) is 0 Å². The Morgan fingerprint density at radius 3 is 2.00 bits per heavy atom. The number of nitrogens with one attached hydrogen (secondary N) is 2. The number of H-pyrrole nitrogens is 2. The molecule has 3 aromatic carbocycles. The van der Waals surface area contributed by atoms with Gasteiger partial charge < -0.3 is 19.8 Å². The molecule has 2 aromatic heterocycles. The molecule has 2 saturated heterocycles. The van der Waals surface area contributed by atoms with Gasteiger partial charge in [-0.15, -0.1) is 0 Å². The SMILES string of the molecule is N#Cc1ccc(N2CC(C(=O)N3CCC(c4c[nH]c5ccccc45)(c4c[nH]c5ccccc45)CC3)CC2=O)cc1. The second-order valence-electron chi connectivity index (χ2n) is 11.0. The van der Waals surface area contributed by atoms with Crippen LogP contribution in [0.4, 0.5) is 5.69 Å². The summed E-state index contributed by atoms with van der Waals surface area (Å²) < 4.78 is 0. The van der Waals surface area contributed by atoms with Gasteiger partial charge >= 0.3 is 0 Å². The lowest BCUT2D eigenvalue weighted by Crippen LogP contribution is -2.47. The Labute approximate surface area is 232 Å². The normalized spacial score (nSPS) is 18.9. The molecule has 4 heterocycles. The highest BCUT2D eigenvalue weighted by atomic mass is 16.2. The summed E-state index contributed by atoms with van der Waals surface area (Å²) in [6.07, 6.45) is 6.10. The van der Waals surface area contributed by atoms with Crippen LogP contribution in [0.15, 0.2) is 85.2 Å². The summed E-state index contributed by atoms with van der Waals surface area (Å²) >= 11 is 0. The van der Waals surface area contributed by atoms with Crippen molar-refractivity contribution in [3.63, 3.8) is 0 Å². The van der Waals surface area contributed by atoms with Gasteiger partial charge in [-0.3, -0.25) is 9.59 Å². The van der Waals surface area contributed by atoms with E-state index in [1.807, 2.05) is 17.0 Å². The van der Waals surface area contributed by atoms with E-state index in [1.165, 1.54) is 21.9 Å². The minimum atomic E-state index is -0.364. The molecule has 198 valence electrons. The largest absolute Gasteiger partial charge is 0.361 e. The molecule has 7 nitrogen and oxygen atoms in total. The Hall–Kier alpha value is -4.83. The lowest BCUT2D eigenvalue weighted by molar-refractivity contribution is -0.137. The van der Waals surface area contributed by atoms with Crippen molar-refractivity contribution in [3.05, 3.63) is 102 Å². The Morgan fingerprint density at radius 1 is 0.850 bits per heavy atom. The van der Waals surface area contributed by atoms with E-state index in [2.05, 4.69) is 64.8 Å². The van der Waals surface area contributed by atoms with Crippen molar-refractivity contribution in [2.75, 3.05) is 24.5 Å². The molecule has 0 spiro atoms. The first-order valence-electron chi connectivity index (χ1n) is 13.8. The number of anilines is 1. The highest BCUT2D eigenvalue weighted by molar-refractivity contribution is 6.00. The Kier molecular flexibility index (Phi) is 5.71. The zero-order chi connectivity index (χ0) is 27.3. The molecule has 2 amide bonds. The molecule has 2 N–H and O–H groups in total. The average Bonchev–Trinajstić information content (AvgIpc) is 3.74. The highest BCUT2D eigenvalue weighted by Crippen LogP contribution is 2.47. The third-order valence-electron chi connectivity index (χ3n) is 8.92. The molecule has 1 atom stereocenters. The first kappa shape index (κ1) is 24.2. The fourth-order valence-electron chi connectivity index (χ4n) is 6.82. The van der Waals surface area contributed by atoms with Crippen molar-refractivity contribution in [3.8, 4) is 6.07 Å². The molecule has 2 fully saturated rings. The van der Waals surface area contributed by atoms with E-state index in [0.717, 1.165) is 29.6 Å². The molecular weight excluding hydrogens is 498 g/mol. The van der Waals surface area contributed by atoms with Crippen LogP contribution in [0.1, 0.15) is 36.0 Å². The number of carbonyl (C=O) groups is 2. The summed E-state index contributed by atoms with van der Waals surface area (Å²) in [6.45, 7) is 1.62. The molecule has 7 rings (SSSR count). The summed E-state index contributed by atoms with van der Waals surface area (Å²) in [5.74, 6) is -0.361. The maximum absolute atomic E-state index is 13.7. The van der Waals surface area contributed by atoms with Gasteiger partial charge in [0.2, 0.25) is 11.8 Å². The second-order valence-corrected chi connectivity index (χ2v) is 11.0. The van der Waals surface area contributed by atoms with Gasteiger partial charge in [0.15, 0.2) is 0 Å². The van der Waals surface area contributed by atoms with Crippen molar-refractivity contribution in [2.45, 2.75) is 24.7 Å². The van der Waals surface area contributed by atoms with Crippen LogP contribution in [0.5, 0.6) is 0 Å². The third kappa shape index (κ3) is 3.79. The van der Waals surface area contributed by atoms with Gasteiger partial charge in [0, 0.05) is 71.4 Å². The summed E-state index contributed by atoms with van der Waals surface area (Å²) in [7, 11) is 0. The van der Waals surface area contributed by atoms with Crippen molar-refractivity contribution in [1.29, 1.82) is 5.26 Å². The molecule has 5 aromatic rings. The first-order valence-corrected chi connectivity index (χ1v) is 13.8. The number of piperidine rings is 1. The van der Waals surface area contributed by atoms with E-state index in [1.54, 1.807) is 29.2 Å². The zero-order valence-electron chi connectivity index (χ0n) is 22.1. The quantitative estimate of drug-likeness (QED) is 0.324. The van der Waals surface area contributed by atoms with Crippen molar-refractivity contribution < 1.29 is 9.59 Å². The van der Waals surface area contributed by atoms with Crippen LogP contribution in [0, 0.1) is 17.2 Å². The molecule has 0 radical (unpaired) electrons. The van der Waals surface area contributed by atoms with Crippen LogP contribution in [0.25, 0.3) is 21.8 Å². The number of carbonyl (C=O) groups excluding carboxylic acids is 2. The van der Waals surface area contributed by atoms with Crippen LogP contribution >= 0.6 is 0 Å². The van der Waals surface area contributed by atoms with Crippen LogP contribution in [0.3, 0.4) is 0 Å². The number of rotatable bonds is 4. The maximum atomic E-state index is 13.7. The molecule has 0 saturated carbocycles. The van der Waals surface area contributed by atoms with Crippen LogP contribution in [0.2, 0.25) is 0 Å². The second kappa shape index (κ2) is 9.42. The van der Waals surface area contributed by atoms with E-state index in [0.29, 0.717) is 25.2 Å². The predicted molar refractivity (Wildman–Crippen MR) is 155 cm³/mol. The number of para-hydroxylation sites is 2. The average molecular weight is 528 g/mol. The molecular formula is C33H29N5O2. The lowest BCUT2D eigenvalue weighted by atomic mass is 9.67. The number of aromatic amines is 2. The summed E-state index contributed by atoms with van der Waals surface area (Å²) in [5.41, 5.74) is 5.78. The Morgan fingerprint density at radius 2 is 1.43 bits per heavy atom. The molecule has 1 unspecified atom stereocenters. The Balaban J connectivity index is 1.17. The van der Waals surface area contributed by atoms with Crippen LogP contribution < -0.4 is 4.90 Å². The van der Waals surface area contributed by atoms with Gasteiger partial charge in [-0.2, -0.15) is 5.26 Å². The van der Waals surface area contributed by atoms with Gasteiger partial charge in [0.05, 0.1) is 17.6 Å². The maximum Gasteiger partial charge on any atom is 0.228 e. The monoisotopic (exact) mass is 527 g/mol. The fourth-order valence-corrected chi connectivity index (χ4v) is 6.82. The summed E-state index contributed by atoms with van der Waals surface area (Å²) in [6, 6.07) is 25.9. The van der Waals surface area contributed by atoms with Crippen molar-refractivity contribution >= 4 is 39.3 Å². The smallest absolute Gasteiger partial charge is 0.228 e. The minimum absolute atomic E-state index is 0.0491. The predicted octanol–water partition coefficient (Wildman–Crippen LogP) is 5.48. The number of amides is 2. The molecule has 2 aliphatic heterocycles. The number of nitrogens with zero attached hydrogens (tertiary/aromatic N) is 3. The number of nitriles is 1. The van der Waals surface area contributed by atoms with Gasteiger partial charge in [0.1, 0.15) is 0 Å². The topological polar surface area (TPSA) is 96.0 Å². The number of fused-ring (bicyclic) bond motifs is 2. The van der Waals surface area contributed by atoms with Gasteiger partial charge in [-0.05, 0) is 60.4 Å². The number of benzene rings is 3. The first-order chi connectivity index (χ1) is 19.6. The summed E-state index contributed by atoms with van der Waals surface area (Å²) in [4.78, 5) is 37.2. The van der Waals surface area contributed by atoms with Crippen LogP contribution in [-0.2, 0) is 15.0 Å². The molecule has 0 aliphatic carbocycles. The minimum Gasteiger partial charge on any atom is -0.361 e. The van der Waals surface area contributed by atoms with Gasteiger partial charge in [0.25, 0.3) is 0 Å². The van der Waals surface area contributed by atoms with E-state index in [-0.39, 0.29) is 29.6 Å². The van der Waals surface area contributed by atoms with Crippen molar-refractivity contribution in [2.24, 2.45) is 5.92 Å². The molecule has 7 heteroatoms. The standard InChI is InChI=1S/C33H29N5O2/c34-18-22-9-11-24(12-10-22)38-21-23(17-31(38)39)32(40)37-15-13-33(14-16-37,27-19-35-29-7-3-1-5-25(27)29)28-20-36-30-8-4-2-6-26(28)30/h1-12,19-20,23,35-36H,13-17,21H2. The number of likely N-dealkylation sites (tertiary alicyclic amines) is 1. The highest BCUT2D eigenvalue weighted by Gasteiger charge is 2.44. The molecule has 2 aliphatic rings. The molecule has 0 bridgehead atoms. The number of hydrogen-bond donors (Lipinski definition) is 2. The van der Waals surface area contributed by atoms with E-state index in [9.17, 15) is 9.59 Å². The zero-order valence-corrected chi connectivity index (χ0v) is 22.1. The van der Waals surface area contributed by atoms with Gasteiger partial charge in [-0.1, -0.05) is 36.4 Å². The van der Waals surface area contributed by atoms with E-state index < -0.39 is 0 Å². The molecule has 40 heavy (non-hydrogen) atoms. The number of aromatic nitrogens is 2. The van der Waals surface area contributed by atoms with E-state index in [4.69, 9.17) is 5.26 Å². The van der Waals surface area contributed by atoms with E-state index >= 15 is 0 Å². The number of hydrogen-bond acceptors (Lipinski definition) is 3. The fraction of sp³-hybridized carbons (Fsp3) is 0.242. The summed E-state index contributed by atoms with van der Waals surface area (Å²) in [5, 5.41) is 11.5.